The molecule has 0 aromatic carbocycles. The zero-order chi connectivity index (χ0) is 18.2. The first kappa shape index (κ1) is 17.9. The maximum Gasteiger partial charge on any atom is 0.317 e. The van der Waals surface area contributed by atoms with Crippen molar-refractivity contribution in [1.82, 2.24) is 25.2 Å². The van der Waals surface area contributed by atoms with Crippen LogP contribution in [0.3, 0.4) is 0 Å². The first-order chi connectivity index (χ1) is 12.7. The summed E-state index contributed by atoms with van der Waals surface area (Å²) in [5, 5.41) is 2.91. The van der Waals surface area contributed by atoms with E-state index < -0.39 is 0 Å². The molecule has 2 amide bonds. The van der Waals surface area contributed by atoms with E-state index in [2.05, 4.69) is 20.3 Å². The number of nitrogens with one attached hydrogen (secondary N) is 1. The Labute approximate surface area is 152 Å². The van der Waals surface area contributed by atoms with E-state index in [-0.39, 0.29) is 18.2 Å². The summed E-state index contributed by atoms with van der Waals surface area (Å²) in [7, 11) is 0. The molecular formula is C18H23N5O3. The normalized spacial score (nSPS) is 16.0. The molecule has 1 unspecified atom stereocenters. The Bertz CT molecular complexity index is 678. The number of hydrogen-bond acceptors (Lipinski definition) is 6. The van der Waals surface area contributed by atoms with Gasteiger partial charge in [0.15, 0.2) is 0 Å². The smallest absolute Gasteiger partial charge is 0.317 e. The third-order valence-electron chi connectivity index (χ3n) is 4.06. The standard InChI is InChI=1S/C18H23N5O3/c1-14(25-16-4-2-7-19-13-16)12-22-18(24)23-10-5-15(6-11-23)26-17-20-8-3-9-21-17/h2-4,7-9,13-15H,5-6,10-12H2,1H3,(H,22,24). The van der Waals surface area contributed by atoms with Crippen LogP contribution in [0.4, 0.5) is 4.79 Å². The lowest BCUT2D eigenvalue weighted by Gasteiger charge is -2.32. The number of likely N-dealkylation sites (tertiary alicyclic amines) is 1. The minimum atomic E-state index is -0.140. The average Bonchev–Trinajstić information content (AvgIpc) is 2.68. The van der Waals surface area contributed by atoms with Gasteiger partial charge in [0.2, 0.25) is 0 Å². The van der Waals surface area contributed by atoms with Crippen LogP contribution in [0.1, 0.15) is 19.8 Å². The second-order valence-corrected chi connectivity index (χ2v) is 6.14. The fourth-order valence-electron chi connectivity index (χ4n) is 2.71. The monoisotopic (exact) mass is 357 g/mol. The fourth-order valence-corrected chi connectivity index (χ4v) is 2.71. The van der Waals surface area contributed by atoms with Gasteiger partial charge in [0.25, 0.3) is 0 Å². The second kappa shape index (κ2) is 8.98. The van der Waals surface area contributed by atoms with Gasteiger partial charge in [-0.3, -0.25) is 4.98 Å². The van der Waals surface area contributed by atoms with E-state index in [0.29, 0.717) is 31.4 Å². The number of carbonyl (C=O) groups excluding carboxylic acids is 1. The third kappa shape index (κ3) is 5.30. The highest BCUT2D eigenvalue weighted by atomic mass is 16.5. The second-order valence-electron chi connectivity index (χ2n) is 6.14. The fraction of sp³-hybridized carbons (Fsp3) is 0.444. The predicted molar refractivity (Wildman–Crippen MR) is 95.0 cm³/mol. The Morgan fingerprint density at radius 3 is 2.73 bits per heavy atom. The van der Waals surface area contributed by atoms with Crippen LogP contribution in [0.5, 0.6) is 11.8 Å². The summed E-state index contributed by atoms with van der Waals surface area (Å²) in [4.78, 5) is 26.2. The number of nitrogens with zero attached hydrogens (tertiary/aromatic N) is 4. The number of aromatic nitrogens is 3. The van der Waals surface area contributed by atoms with Crippen LogP contribution in [0.15, 0.2) is 43.0 Å². The molecule has 0 aliphatic carbocycles. The Hall–Kier alpha value is -2.90. The molecule has 0 saturated carbocycles. The van der Waals surface area contributed by atoms with Crippen LogP contribution >= 0.6 is 0 Å². The van der Waals surface area contributed by atoms with Crippen LogP contribution in [0, 0.1) is 0 Å². The summed E-state index contributed by atoms with van der Waals surface area (Å²) in [5.74, 6) is 0.690. The van der Waals surface area contributed by atoms with E-state index in [1.54, 1.807) is 35.8 Å². The first-order valence-corrected chi connectivity index (χ1v) is 8.74. The number of rotatable bonds is 6. The van der Waals surface area contributed by atoms with Crippen molar-refractivity contribution in [3.63, 3.8) is 0 Å². The van der Waals surface area contributed by atoms with Crippen molar-refractivity contribution < 1.29 is 14.3 Å². The predicted octanol–water partition coefficient (Wildman–Crippen LogP) is 1.89. The van der Waals surface area contributed by atoms with Crippen LogP contribution in [-0.2, 0) is 0 Å². The molecule has 1 atom stereocenters. The zero-order valence-corrected chi connectivity index (χ0v) is 14.7. The summed E-state index contributed by atoms with van der Waals surface area (Å²) < 4.78 is 11.4. The molecule has 138 valence electrons. The molecule has 3 heterocycles. The molecule has 2 aromatic rings. The molecule has 1 N–H and O–H groups in total. The van der Waals surface area contributed by atoms with Crippen molar-refractivity contribution in [3.8, 4) is 11.8 Å². The Balaban J connectivity index is 1.37. The van der Waals surface area contributed by atoms with Crippen molar-refractivity contribution in [2.45, 2.75) is 32.0 Å². The molecule has 0 bridgehead atoms. The van der Waals surface area contributed by atoms with Crippen molar-refractivity contribution in [3.05, 3.63) is 43.0 Å². The van der Waals surface area contributed by atoms with E-state index >= 15 is 0 Å². The molecule has 8 heteroatoms. The van der Waals surface area contributed by atoms with Crippen LogP contribution < -0.4 is 14.8 Å². The average molecular weight is 357 g/mol. The van der Waals surface area contributed by atoms with Crippen LogP contribution in [-0.4, -0.2) is 57.7 Å². The van der Waals surface area contributed by atoms with Gasteiger partial charge >= 0.3 is 12.0 Å². The minimum Gasteiger partial charge on any atom is -0.487 e. The number of ether oxygens (including phenoxy) is 2. The number of urea groups is 1. The SMILES string of the molecule is CC(CNC(=O)N1CCC(Oc2ncccn2)CC1)Oc1cccnc1. The molecule has 1 aliphatic rings. The summed E-state index contributed by atoms with van der Waals surface area (Å²) in [5.41, 5.74) is 0. The van der Waals surface area contributed by atoms with Gasteiger partial charge in [-0.25, -0.2) is 14.8 Å². The molecule has 8 nitrogen and oxygen atoms in total. The highest BCUT2D eigenvalue weighted by molar-refractivity contribution is 5.74. The number of amides is 2. The summed E-state index contributed by atoms with van der Waals surface area (Å²) in [6.07, 6.45) is 8.06. The van der Waals surface area contributed by atoms with Crippen molar-refractivity contribution in [2.75, 3.05) is 19.6 Å². The van der Waals surface area contributed by atoms with E-state index in [1.807, 2.05) is 19.1 Å². The van der Waals surface area contributed by atoms with Gasteiger partial charge in [-0.2, -0.15) is 0 Å². The summed E-state index contributed by atoms with van der Waals surface area (Å²) >= 11 is 0. The van der Waals surface area contributed by atoms with E-state index in [1.165, 1.54) is 0 Å². The molecule has 2 aromatic heterocycles. The minimum absolute atomic E-state index is 0.0364. The Morgan fingerprint density at radius 1 is 1.27 bits per heavy atom. The lowest BCUT2D eigenvalue weighted by molar-refractivity contribution is 0.102. The largest absolute Gasteiger partial charge is 0.487 e. The lowest BCUT2D eigenvalue weighted by atomic mass is 10.1. The molecule has 0 radical (unpaired) electrons. The highest BCUT2D eigenvalue weighted by Crippen LogP contribution is 2.15. The van der Waals surface area contributed by atoms with Gasteiger partial charge in [0, 0.05) is 44.5 Å². The molecule has 3 rings (SSSR count). The van der Waals surface area contributed by atoms with Crippen LogP contribution in [0.25, 0.3) is 0 Å². The maximum atomic E-state index is 12.3. The van der Waals surface area contributed by atoms with Crippen molar-refractivity contribution in [2.24, 2.45) is 0 Å². The maximum absolute atomic E-state index is 12.3. The van der Waals surface area contributed by atoms with Crippen molar-refractivity contribution >= 4 is 6.03 Å². The molecule has 1 saturated heterocycles. The highest BCUT2D eigenvalue weighted by Gasteiger charge is 2.24. The molecule has 26 heavy (non-hydrogen) atoms. The Kier molecular flexibility index (Phi) is 6.19. The first-order valence-electron chi connectivity index (χ1n) is 8.74. The van der Waals surface area contributed by atoms with Gasteiger partial charge in [-0.15, -0.1) is 0 Å². The molecule has 0 spiro atoms. The van der Waals surface area contributed by atoms with Gasteiger partial charge in [-0.1, -0.05) is 0 Å². The van der Waals surface area contributed by atoms with Gasteiger partial charge in [-0.05, 0) is 25.1 Å². The quantitative estimate of drug-likeness (QED) is 0.849. The molecule has 1 aliphatic heterocycles. The number of carbonyl (C=O) groups is 1. The van der Waals surface area contributed by atoms with Crippen LogP contribution in [0.2, 0.25) is 0 Å². The van der Waals surface area contributed by atoms with E-state index in [0.717, 1.165) is 12.8 Å². The van der Waals surface area contributed by atoms with Gasteiger partial charge in [0.1, 0.15) is 18.0 Å². The zero-order valence-electron chi connectivity index (χ0n) is 14.7. The van der Waals surface area contributed by atoms with E-state index in [9.17, 15) is 4.79 Å². The molecular weight excluding hydrogens is 334 g/mol. The third-order valence-corrected chi connectivity index (χ3v) is 4.06. The Morgan fingerprint density at radius 2 is 2.04 bits per heavy atom. The summed E-state index contributed by atoms with van der Waals surface area (Å²) in [6.45, 7) is 3.62. The number of pyridine rings is 1. The number of hydrogen-bond donors (Lipinski definition) is 1. The van der Waals surface area contributed by atoms with E-state index in [4.69, 9.17) is 9.47 Å². The van der Waals surface area contributed by atoms with Crippen molar-refractivity contribution in [1.29, 1.82) is 0 Å². The topological polar surface area (TPSA) is 89.5 Å². The van der Waals surface area contributed by atoms with Gasteiger partial charge < -0.3 is 19.7 Å². The van der Waals surface area contributed by atoms with Gasteiger partial charge in [0.05, 0.1) is 12.7 Å². The number of piperidine rings is 1. The lowest BCUT2D eigenvalue weighted by Crippen LogP contribution is -2.48. The summed E-state index contributed by atoms with van der Waals surface area (Å²) in [6, 6.07) is 5.71. The molecule has 1 fully saturated rings.